The minimum Gasteiger partial charge on any atom is -0.490 e. The highest BCUT2D eigenvalue weighted by Crippen LogP contribution is 2.38. The maximum atomic E-state index is 13.0. The van der Waals surface area contributed by atoms with Crippen LogP contribution in [0.4, 0.5) is 0 Å². The molecule has 142 valence electrons. The summed E-state index contributed by atoms with van der Waals surface area (Å²) in [6.07, 6.45) is 2.43. The summed E-state index contributed by atoms with van der Waals surface area (Å²) < 4.78 is 11.2. The van der Waals surface area contributed by atoms with E-state index in [0.29, 0.717) is 48.5 Å². The third-order valence-corrected chi connectivity index (χ3v) is 5.48. The summed E-state index contributed by atoms with van der Waals surface area (Å²) in [7, 11) is 1.86. The third-order valence-electron chi connectivity index (χ3n) is 5.48. The number of nitrogens with zero attached hydrogens (tertiary/aromatic N) is 1. The Hall–Kier alpha value is -2.24. The van der Waals surface area contributed by atoms with Gasteiger partial charge in [-0.3, -0.25) is 9.59 Å². The second-order valence-corrected chi connectivity index (χ2v) is 7.10. The van der Waals surface area contributed by atoms with Crippen LogP contribution in [0.25, 0.3) is 0 Å². The van der Waals surface area contributed by atoms with E-state index >= 15 is 0 Å². The molecule has 0 bridgehead atoms. The Morgan fingerprint density at radius 2 is 1.85 bits per heavy atom. The molecule has 0 aromatic heterocycles. The smallest absolute Gasteiger partial charge is 0.253 e. The number of amides is 2. The maximum Gasteiger partial charge on any atom is 0.253 e. The van der Waals surface area contributed by atoms with E-state index in [4.69, 9.17) is 9.47 Å². The van der Waals surface area contributed by atoms with Crippen LogP contribution in [0.1, 0.15) is 43.5 Å². The molecule has 1 saturated heterocycles. The van der Waals surface area contributed by atoms with E-state index in [0.717, 1.165) is 19.4 Å². The van der Waals surface area contributed by atoms with E-state index in [2.05, 4.69) is 5.32 Å². The first kappa shape index (κ1) is 18.5. The predicted octanol–water partition coefficient (Wildman–Crippen LogP) is 2.47. The van der Waals surface area contributed by atoms with Gasteiger partial charge in [-0.1, -0.05) is 0 Å². The number of benzene rings is 1. The van der Waals surface area contributed by atoms with Gasteiger partial charge in [-0.25, -0.2) is 0 Å². The molecule has 2 fully saturated rings. The summed E-state index contributed by atoms with van der Waals surface area (Å²) in [6, 6.07) is 5.53. The summed E-state index contributed by atoms with van der Waals surface area (Å²) in [6.45, 7) is 5.62. The van der Waals surface area contributed by atoms with Crippen molar-refractivity contribution in [1.82, 2.24) is 10.2 Å². The second-order valence-electron chi connectivity index (χ2n) is 7.10. The van der Waals surface area contributed by atoms with Gasteiger partial charge < -0.3 is 19.7 Å². The molecular formula is C20H28N2O4. The first-order chi connectivity index (χ1) is 12.5. The van der Waals surface area contributed by atoms with Gasteiger partial charge in [0.25, 0.3) is 5.91 Å². The lowest BCUT2D eigenvalue weighted by Crippen LogP contribution is -2.38. The molecule has 1 aromatic carbocycles. The normalized spacial score (nSPS) is 24.6. The SMILES string of the molecule is CCOc1ccc(C(=O)N(C)[C@H]2C[C@H]3CNC(=O)C[C@H]3C2)cc1OCC. The quantitative estimate of drug-likeness (QED) is 0.846. The summed E-state index contributed by atoms with van der Waals surface area (Å²) in [5, 5.41) is 2.94. The van der Waals surface area contributed by atoms with Crippen LogP contribution in [-0.4, -0.2) is 49.6 Å². The maximum absolute atomic E-state index is 13.0. The van der Waals surface area contributed by atoms with Crippen molar-refractivity contribution in [3.05, 3.63) is 23.8 Å². The lowest BCUT2D eigenvalue weighted by Gasteiger charge is -2.25. The molecule has 1 aliphatic heterocycles. The van der Waals surface area contributed by atoms with E-state index in [-0.39, 0.29) is 17.9 Å². The van der Waals surface area contributed by atoms with E-state index < -0.39 is 0 Å². The van der Waals surface area contributed by atoms with Gasteiger partial charge in [-0.05, 0) is 56.7 Å². The first-order valence-corrected chi connectivity index (χ1v) is 9.47. The highest BCUT2D eigenvalue weighted by Gasteiger charge is 2.40. The number of nitrogens with one attached hydrogen (secondary N) is 1. The highest BCUT2D eigenvalue weighted by molar-refractivity contribution is 5.95. The van der Waals surface area contributed by atoms with E-state index in [1.165, 1.54) is 0 Å². The lowest BCUT2D eigenvalue weighted by atomic mass is 9.89. The monoisotopic (exact) mass is 360 g/mol. The lowest BCUT2D eigenvalue weighted by molar-refractivity contribution is -0.124. The van der Waals surface area contributed by atoms with E-state index in [1.807, 2.05) is 25.8 Å². The molecule has 3 atom stereocenters. The zero-order chi connectivity index (χ0) is 18.7. The average molecular weight is 360 g/mol. The van der Waals surface area contributed by atoms with Crippen molar-refractivity contribution in [2.45, 2.75) is 39.2 Å². The molecule has 1 saturated carbocycles. The molecule has 0 spiro atoms. The molecule has 6 heteroatoms. The Morgan fingerprint density at radius 1 is 1.15 bits per heavy atom. The van der Waals surface area contributed by atoms with Crippen molar-refractivity contribution < 1.29 is 19.1 Å². The van der Waals surface area contributed by atoms with Crippen LogP contribution in [0, 0.1) is 11.8 Å². The third kappa shape index (κ3) is 3.79. The van der Waals surface area contributed by atoms with Gasteiger partial charge in [0.15, 0.2) is 11.5 Å². The number of ether oxygens (including phenoxy) is 2. The molecule has 0 unspecified atom stereocenters. The zero-order valence-electron chi connectivity index (χ0n) is 15.8. The number of carbonyl (C=O) groups is 2. The Morgan fingerprint density at radius 3 is 2.58 bits per heavy atom. The fourth-order valence-corrected chi connectivity index (χ4v) is 4.11. The number of carbonyl (C=O) groups excluding carboxylic acids is 2. The molecule has 1 aromatic rings. The minimum atomic E-state index is -0.0167. The van der Waals surface area contributed by atoms with Crippen molar-refractivity contribution in [2.24, 2.45) is 11.8 Å². The van der Waals surface area contributed by atoms with Crippen molar-refractivity contribution in [3.8, 4) is 11.5 Å². The molecule has 2 amide bonds. The number of fused-ring (bicyclic) bond motifs is 1. The van der Waals surface area contributed by atoms with E-state index in [9.17, 15) is 9.59 Å². The number of rotatable bonds is 6. The first-order valence-electron chi connectivity index (χ1n) is 9.47. The molecule has 1 N–H and O–H groups in total. The van der Waals surface area contributed by atoms with Gasteiger partial charge in [-0.15, -0.1) is 0 Å². The van der Waals surface area contributed by atoms with Crippen molar-refractivity contribution in [3.63, 3.8) is 0 Å². The van der Waals surface area contributed by atoms with Crippen LogP contribution < -0.4 is 14.8 Å². The standard InChI is InChI=1S/C20H28N2O4/c1-4-25-17-7-6-13(10-18(17)26-5-2)20(24)22(3)16-8-14-11-19(23)21-12-15(14)9-16/h6-7,10,14-16H,4-5,8-9,11-12H2,1-3H3,(H,21,23)/t14-,15+,16-/m1/s1. The van der Waals surface area contributed by atoms with Gasteiger partial charge in [0.1, 0.15) is 0 Å². The molecule has 1 aliphatic carbocycles. The van der Waals surface area contributed by atoms with Gasteiger partial charge in [0.2, 0.25) is 5.91 Å². The predicted molar refractivity (Wildman–Crippen MR) is 98.5 cm³/mol. The molecule has 1 heterocycles. The van der Waals surface area contributed by atoms with Crippen LogP contribution in [0.3, 0.4) is 0 Å². The molecule has 0 radical (unpaired) electrons. The Bertz CT molecular complexity index is 676. The molecule has 26 heavy (non-hydrogen) atoms. The number of hydrogen-bond donors (Lipinski definition) is 1. The van der Waals surface area contributed by atoms with Gasteiger partial charge in [0, 0.05) is 31.6 Å². The van der Waals surface area contributed by atoms with Crippen LogP contribution in [0.2, 0.25) is 0 Å². The highest BCUT2D eigenvalue weighted by atomic mass is 16.5. The summed E-state index contributed by atoms with van der Waals surface area (Å²) in [5.41, 5.74) is 0.600. The second kappa shape index (κ2) is 7.98. The van der Waals surface area contributed by atoms with Crippen LogP contribution >= 0.6 is 0 Å². The summed E-state index contributed by atoms with van der Waals surface area (Å²) in [4.78, 5) is 26.4. The van der Waals surface area contributed by atoms with Crippen LogP contribution in [-0.2, 0) is 4.79 Å². The largest absolute Gasteiger partial charge is 0.490 e. The molecule has 6 nitrogen and oxygen atoms in total. The average Bonchev–Trinajstić information content (AvgIpc) is 3.05. The molecule has 2 aliphatic rings. The number of hydrogen-bond acceptors (Lipinski definition) is 4. The molecule has 3 rings (SSSR count). The van der Waals surface area contributed by atoms with E-state index in [1.54, 1.807) is 18.2 Å². The summed E-state index contributed by atoms with van der Waals surface area (Å²) in [5.74, 6) is 2.25. The van der Waals surface area contributed by atoms with Crippen molar-refractivity contribution in [1.29, 1.82) is 0 Å². The van der Waals surface area contributed by atoms with Crippen LogP contribution in [0.15, 0.2) is 18.2 Å². The fourth-order valence-electron chi connectivity index (χ4n) is 4.11. The Labute approximate surface area is 154 Å². The Balaban J connectivity index is 1.72. The van der Waals surface area contributed by atoms with Crippen molar-refractivity contribution in [2.75, 3.05) is 26.8 Å². The summed E-state index contributed by atoms with van der Waals surface area (Å²) >= 11 is 0. The topological polar surface area (TPSA) is 67.9 Å². The van der Waals surface area contributed by atoms with Crippen molar-refractivity contribution >= 4 is 11.8 Å². The minimum absolute atomic E-state index is 0.0167. The number of piperidine rings is 1. The zero-order valence-corrected chi connectivity index (χ0v) is 15.8. The van der Waals surface area contributed by atoms with Gasteiger partial charge in [-0.2, -0.15) is 0 Å². The van der Waals surface area contributed by atoms with Gasteiger partial charge in [0.05, 0.1) is 13.2 Å². The Kier molecular flexibility index (Phi) is 5.69. The molecular weight excluding hydrogens is 332 g/mol. The van der Waals surface area contributed by atoms with Gasteiger partial charge >= 0.3 is 0 Å². The fraction of sp³-hybridized carbons (Fsp3) is 0.600. The van der Waals surface area contributed by atoms with Crippen LogP contribution in [0.5, 0.6) is 11.5 Å².